The van der Waals surface area contributed by atoms with E-state index in [1.165, 1.54) is 0 Å². The molecule has 4 heterocycles. The molecule has 0 bridgehead atoms. The fourth-order valence-electron chi connectivity index (χ4n) is 4.25. The highest BCUT2D eigenvalue weighted by Crippen LogP contribution is 2.30. The summed E-state index contributed by atoms with van der Waals surface area (Å²) in [6, 6.07) is 13.2. The normalized spacial score (nSPS) is 12.6. The van der Waals surface area contributed by atoms with Crippen molar-refractivity contribution in [2.45, 2.75) is 45.8 Å². The average molecular weight is 533 g/mol. The maximum atomic E-state index is 12.6. The molecule has 1 atom stereocenters. The second-order valence-electron chi connectivity index (χ2n) is 10.1. The highest BCUT2D eigenvalue weighted by Gasteiger charge is 2.22. The van der Waals surface area contributed by atoms with Crippen molar-refractivity contribution in [2.75, 3.05) is 6.61 Å². The first-order valence-corrected chi connectivity index (χ1v) is 12.7. The summed E-state index contributed by atoms with van der Waals surface area (Å²) in [5, 5.41) is 11.5. The summed E-state index contributed by atoms with van der Waals surface area (Å²) in [5.41, 5.74) is 5.18. The Hall–Kier alpha value is -4.11. The lowest BCUT2D eigenvalue weighted by atomic mass is 10.1. The van der Waals surface area contributed by atoms with E-state index in [2.05, 4.69) is 25.5 Å². The Morgan fingerprint density at radius 3 is 2.79 bits per heavy atom. The van der Waals surface area contributed by atoms with Gasteiger partial charge in [-0.25, -0.2) is 14.8 Å². The van der Waals surface area contributed by atoms with Crippen LogP contribution in [0.4, 0.5) is 4.79 Å². The molecule has 0 spiro atoms. The smallest absolute Gasteiger partial charge is 0.408 e. The van der Waals surface area contributed by atoms with Crippen LogP contribution < -0.4 is 10.1 Å². The van der Waals surface area contributed by atoms with E-state index in [4.69, 9.17) is 26.1 Å². The van der Waals surface area contributed by atoms with E-state index in [0.717, 1.165) is 33.2 Å². The standard InChI is InChI=1S/C28H29ClN6O3/c1-16-25-24(35-34-16)10-9-23(33-25)21-12-19(14-31-26(21)29)37-15-18(32-27(36)38-28(2,3)4)11-17-13-30-22-8-6-5-7-20(17)22/h5-10,12-14,18,30H,11,15H2,1-4H3,(H,32,36)(H,34,35)/t18-/m0/s1. The molecule has 1 amide bonds. The zero-order valence-electron chi connectivity index (χ0n) is 21.6. The average Bonchev–Trinajstić information content (AvgIpc) is 3.45. The minimum absolute atomic E-state index is 0.189. The fraction of sp³-hybridized carbons (Fsp3) is 0.286. The van der Waals surface area contributed by atoms with E-state index in [9.17, 15) is 4.79 Å². The van der Waals surface area contributed by atoms with Crippen LogP contribution in [0.3, 0.4) is 0 Å². The number of benzene rings is 1. The quantitative estimate of drug-likeness (QED) is 0.222. The van der Waals surface area contributed by atoms with Crippen LogP contribution in [0.15, 0.2) is 54.9 Å². The van der Waals surface area contributed by atoms with E-state index in [1.54, 1.807) is 12.3 Å². The number of carbonyl (C=O) groups excluding carboxylic acids is 1. The van der Waals surface area contributed by atoms with Crippen molar-refractivity contribution in [3.05, 3.63) is 71.3 Å². The first kappa shape index (κ1) is 25.5. The number of alkyl carbamates (subject to hydrolysis) is 1. The lowest BCUT2D eigenvalue weighted by Crippen LogP contribution is -2.43. The molecule has 0 radical (unpaired) electrons. The number of nitrogens with zero attached hydrogens (tertiary/aromatic N) is 3. The second kappa shape index (κ2) is 10.3. The number of hydrogen-bond donors (Lipinski definition) is 3. The highest BCUT2D eigenvalue weighted by molar-refractivity contribution is 6.32. The van der Waals surface area contributed by atoms with Gasteiger partial charge >= 0.3 is 6.09 Å². The first-order chi connectivity index (χ1) is 18.2. The number of aromatic nitrogens is 5. The van der Waals surface area contributed by atoms with Crippen LogP contribution in [-0.4, -0.2) is 49.5 Å². The molecule has 10 heteroatoms. The van der Waals surface area contributed by atoms with Gasteiger partial charge in [0.25, 0.3) is 0 Å². The molecule has 0 unspecified atom stereocenters. The number of aryl methyl sites for hydroxylation is 1. The van der Waals surface area contributed by atoms with Crippen molar-refractivity contribution in [2.24, 2.45) is 0 Å². The number of hydrogen-bond acceptors (Lipinski definition) is 6. The lowest BCUT2D eigenvalue weighted by Gasteiger charge is -2.24. The predicted octanol–water partition coefficient (Wildman–Crippen LogP) is 5.98. The molecular weight excluding hydrogens is 504 g/mol. The van der Waals surface area contributed by atoms with Gasteiger partial charge in [-0.15, -0.1) is 0 Å². The molecule has 0 aliphatic heterocycles. The van der Waals surface area contributed by atoms with E-state index in [0.29, 0.717) is 28.6 Å². The van der Waals surface area contributed by atoms with Crippen molar-refractivity contribution in [1.29, 1.82) is 0 Å². The van der Waals surface area contributed by atoms with E-state index >= 15 is 0 Å². The molecule has 0 aliphatic rings. The maximum Gasteiger partial charge on any atom is 0.408 e. The number of pyridine rings is 2. The Labute approximate surface area is 224 Å². The van der Waals surface area contributed by atoms with Gasteiger partial charge in [0.05, 0.1) is 29.1 Å². The minimum Gasteiger partial charge on any atom is -0.490 e. The Bertz CT molecular complexity index is 1600. The molecule has 5 aromatic rings. The van der Waals surface area contributed by atoms with Crippen LogP contribution in [0.25, 0.3) is 33.2 Å². The number of H-pyrrole nitrogens is 2. The van der Waals surface area contributed by atoms with Crippen LogP contribution in [0, 0.1) is 6.92 Å². The van der Waals surface area contributed by atoms with Gasteiger partial charge in [0.2, 0.25) is 0 Å². The fourth-order valence-corrected chi connectivity index (χ4v) is 4.45. The van der Waals surface area contributed by atoms with Gasteiger partial charge in [0.1, 0.15) is 28.6 Å². The number of aromatic amines is 2. The monoisotopic (exact) mass is 532 g/mol. The summed E-state index contributed by atoms with van der Waals surface area (Å²) in [7, 11) is 0. The number of nitrogens with one attached hydrogen (secondary N) is 3. The minimum atomic E-state index is -0.618. The number of rotatable bonds is 7. The van der Waals surface area contributed by atoms with Crippen LogP contribution >= 0.6 is 11.6 Å². The molecule has 0 aliphatic carbocycles. The number of para-hydroxylation sites is 1. The third kappa shape index (κ3) is 5.73. The highest BCUT2D eigenvalue weighted by atomic mass is 35.5. The number of halogens is 1. The largest absolute Gasteiger partial charge is 0.490 e. The number of fused-ring (bicyclic) bond motifs is 2. The lowest BCUT2D eigenvalue weighted by molar-refractivity contribution is 0.0488. The van der Waals surface area contributed by atoms with Gasteiger partial charge in [-0.2, -0.15) is 5.10 Å². The zero-order valence-corrected chi connectivity index (χ0v) is 22.4. The summed E-state index contributed by atoms with van der Waals surface area (Å²) < 4.78 is 11.6. The zero-order chi connectivity index (χ0) is 26.9. The number of ether oxygens (including phenoxy) is 2. The molecule has 38 heavy (non-hydrogen) atoms. The number of amides is 1. The molecule has 0 saturated carbocycles. The third-order valence-corrected chi connectivity index (χ3v) is 6.29. The molecular formula is C28H29ClN6O3. The van der Waals surface area contributed by atoms with Gasteiger partial charge in [0, 0.05) is 22.7 Å². The van der Waals surface area contributed by atoms with Crippen molar-refractivity contribution >= 4 is 39.6 Å². The summed E-state index contributed by atoms with van der Waals surface area (Å²) in [6.07, 6.45) is 3.54. The third-order valence-electron chi connectivity index (χ3n) is 5.99. The summed E-state index contributed by atoms with van der Waals surface area (Å²) in [4.78, 5) is 24.9. The Kier molecular flexibility index (Phi) is 6.94. The van der Waals surface area contributed by atoms with E-state index in [1.807, 2.05) is 70.3 Å². The first-order valence-electron chi connectivity index (χ1n) is 12.3. The molecule has 1 aromatic carbocycles. The molecule has 5 rings (SSSR count). The van der Waals surface area contributed by atoms with Crippen molar-refractivity contribution in [3.8, 4) is 17.0 Å². The topological polar surface area (TPSA) is 118 Å². The van der Waals surface area contributed by atoms with Crippen LogP contribution in [-0.2, 0) is 11.2 Å². The van der Waals surface area contributed by atoms with Crippen LogP contribution in [0.2, 0.25) is 5.15 Å². The second-order valence-corrected chi connectivity index (χ2v) is 10.5. The van der Waals surface area contributed by atoms with Crippen LogP contribution in [0.1, 0.15) is 32.0 Å². The molecule has 9 nitrogen and oxygen atoms in total. The van der Waals surface area contributed by atoms with E-state index in [-0.39, 0.29) is 12.6 Å². The van der Waals surface area contributed by atoms with Crippen molar-refractivity contribution in [1.82, 2.24) is 30.5 Å². The predicted molar refractivity (Wildman–Crippen MR) is 148 cm³/mol. The SMILES string of the molecule is Cc1n[nH]c2ccc(-c3cc(OC[C@H](Cc4c[nH]c5ccccc45)NC(=O)OC(C)(C)C)cnc3Cl)nc12. The van der Waals surface area contributed by atoms with Crippen molar-refractivity contribution in [3.63, 3.8) is 0 Å². The van der Waals surface area contributed by atoms with Crippen LogP contribution in [0.5, 0.6) is 5.75 Å². The summed E-state index contributed by atoms with van der Waals surface area (Å²) in [5.74, 6) is 0.505. The molecule has 196 valence electrons. The van der Waals surface area contributed by atoms with Gasteiger partial charge in [-0.1, -0.05) is 29.8 Å². The van der Waals surface area contributed by atoms with E-state index < -0.39 is 11.7 Å². The Morgan fingerprint density at radius 1 is 1.16 bits per heavy atom. The van der Waals surface area contributed by atoms with Gasteiger partial charge < -0.3 is 19.8 Å². The molecule has 0 fully saturated rings. The Morgan fingerprint density at radius 2 is 1.97 bits per heavy atom. The molecule has 4 aromatic heterocycles. The summed E-state index contributed by atoms with van der Waals surface area (Å²) in [6.45, 7) is 7.56. The summed E-state index contributed by atoms with van der Waals surface area (Å²) >= 11 is 6.43. The maximum absolute atomic E-state index is 12.6. The van der Waals surface area contributed by atoms with Gasteiger partial charge in [-0.05, 0) is 63.9 Å². The van der Waals surface area contributed by atoms with Gasteiger partial charge in [-0.3, -0.25) is 5.10 Å². The Balaban J connectivity index is 1.37. The van der Waals surface area contributed by atoms with Gasteiger partial charge in [0.15, 0.2) is 0 Å². The number of carbonyl (C=O) groups is 1. The van der Waals surface area contributed by atoms with Crippen molar-refractivity contribution < 1.29 is 14.3 Å². The molecule has 3 N–H and O–H groups in total. The molecule has 0 saturated heterocycles.